The summed E-state index contributed by atoms with van der Waals surface area (Å²) in [6.45, 7) is 6.67. The molecule has 1 aliphatic heterocycles. The van der Waals surface area contributed by atoms with Gasteiger partial charge in [0, 0.05) is 17.0 Å². The van der Waals surface area contributed by atoms with Crippen molar-refractivity contribution in [2.45, 2.75) is 37.1 Å². The Bertz CT molecular complexity index is 1370. The van der Waals surface area contributed by atoms with Crippen LogP contribution in [0.3, 0.4) is 0 Å². The Morgan fingerprint density at radius 1 is 1.26 bits per heavy atom. The van der Waals surface area contributed by atoms with E-state index in [0.29, 0.717) is 40.5 Å². The molecule has 34 heavy (non-hydrogen) atoms. The van der Waals surface area contributed by atoms with Crippen LogP contribution < -0.4 is 10.6 Å². The van der Waals surface area contributed by atoms with Crippen LogP contribution in [0.1, 0.15) is 41.3 Å². The molecule has 0 spiro atoms. The first-order chi connectivity index (χ1) is 16.1. The van der Waals surface area contributed by atoms with Gasteiger partial charge in [0.1, 0.15) is 5.37 Å². The van der Waals surface area contributed by atoms with Gasteiger partial charge in [-0.25, -0.2) is 18.2 Å². The maximum atomic E-state index is 13.3. The molecule has 1 fully saturated rings. The number of carboxylic acid groups (broad SMARTS) is 1. The lowest BCUT2D eigenvalue weighted by atomic mass is 9.96. The third-order valence-corrected chi connectivity index (χ3v) is 7.89. The summed E-state index contributed by atoms with van der Waals surface area (Å²) in [5.41, 5.74) is 2.91. The number of hydrogen-bond donors (Lipinski definition) is 3. The molecule has 0 aliphatic carbocycles. The fourth-order valence-corrected chi connectivity index (χ4v) is 5.51. The summed E-state index contributed by atoms with van der Waals surface area (Å²) < 4.78 is 32.0. The largest absolute Gasteiger partial charge is 0.478 e. The van der Waals surface area contributed by atoms with Crippen molar-refractivity contribution in [3.63, 3.8) is 0 Å². The molecule has 8 nitrogen and oxygen atoms in total. The van der Waals surface area contributed by atoms with E-state index in [9.17, 15) is 18.3 Å². The van der Waals surface area contributed by atoms with Gasteiger partial charge < -0.3 is 15.2 Å². The van der Waals surface area contributed by atoms with Gasteiger partial charge in [-0.15, -0.1) is 0 Å². The number of nitrogens with one attached hydrogen (secondary N) is 2. The number of anilines is 2. The molecule has 2 aromatic carbocycles. The Hall–Kier alpha value is -2.72. The van der Waals surface area contributed by atoms with E-state index in [2.05, 4.69) is 15.6 Å². The second kappa shape index (κ2) is 9.50. The second-order valence-electron chi connectivity index (χ2n) is 8.58. The van der Waals surface area contributed by atoms with Crippen molar-refractivity contribution in [3.8, 4) is 0 Å². The minimum Gasteiger partial charge on any atom is -0.478 e. The lowest BCUT2D eigenvalue weighted by Gasteiger charge is -2.24. The molecule has 0 bridgehead atoms. The Balaban J connectivity index is 1.89. The molecule has 0 radical (unpaired) electrons. The predicted molar refractivity (Wildman–Crippen MR) is 132 cm³/mol. The highest BCUT2D eigenvalue weighted by Gasteiger charge is 2.31. The zero-order valence-corrected chi connectivity index (χ0v) is 20.6. The lowest BCUT2D eigenvalue weighted by molar-refractivity contribution is 0.0697. The SMILES string of the molecule is Cc1cc(C(C)C)cc(C(=O)O)c1Nc1cc(S(=O)(=O)C2COCCN2)nc2ccc(Cl)cc12. The van der Waals surface area contributed by atoms with Crippen LogP contribution in [0.15, 0.2) is 41.4 Å². The summed E-state index contributed by atoms with van der Waals surface area (Å²) in [6.07, 6.45) is 0. The molecule has 2 heterocycles. The number of nitrogens with zero attached hydrogens (tertiary/aromatic N) is 1. The summed E-state index contributed by atoms with van der Waals surface area (Å²) in [5, 5.41) is 16.0. The molecular formula is C24H26ClN3O5S. The number of ether oxygens (including phenoxy) is 1. The van der Waals surface area contributed by atoms with E-state index in [1.807, 2.05) is 26.8 Å². The number of sulfone groups is 1. The van der Waals surface area contributed by atoms with Gasteiger partial charge in [-0.3, -0.25) is 5.32 Å². The van der Waals surface area contributed by atoms with Gasteiger partial charge in [0.2, 0.25) is 9.84 Å². The third-order valence-electron chi connectivity index (χ3n) is 5.82. The summed E-state index contributed by atoms with van der Waals surface area (Å²) in [4.78, 5) is 16.5. The second-order valence-corrected chi connectivity index (χ2v) is 11.1. The third kappa shape index (κ3) is 4.74. The standard InChI is InChI=1S/C24H26ClN3O5S/c1-13(2)15-8-14(3)23(18(9-15)24(29)30)28-20-11-21(27-19-5-4-16(25)10-17(19)20)34(31,32)22-12-33-7-6-26-22/h4-5,8-11,13,22,26H,6-7,12H2,1-3H3,(H,27,28)(H,29,30). The Morgan fingerprint density at radius 2 is 2.03 bits per heavy atom. The van der Waals surface area contributed by atoms with E-state index >= 15 is 0 Å². The number of pyridine rings is 1. The van der Waals surface area contributed by atoms with E-state index in [-0.39, 0.29) is 23.1 Å². The van der Waals surface area contributed by atoms with Crippen LogP contribution in [-0.2, 0) is 14.6 Å². The van der Waals surface area contributed by atoms with Gasteiger partial charge in [-0.1, -0.05) is 31.5 Å². The molecule has 0 saturated carbocycles. The lowest BCUT2D eigenvalue weighted by Crippen LogP contribution is -2.46. The topological polar surface area (TPSA) is 118 Å². The summed E-state index contributed by atoms with van der Waals surface area (Å²) in [5.74, 6) is -0.936. The number of hydrogen-bond acceptors (Lipinski definition) is 7. The van der Waals surface area contributed by atoms with Crippen molar-refractivity contribution in [1.82, 2.24) is 10.3 Å². The van der Waals surface area contributed by atoms with Crippen LogP contribution >= 0.6 is 11.6 Å². The van der Waals surface area contributed by atoms with E-state index in [1.54, 1.807) is 24.3 Å². The summed E-state index contributed by atoms with van der Waals surface area (Å²) in [6, 6.07) is 9.93. The van der Waals surface area contributed by atoms with Crippen LogP contribution in [0.25, 0.3) is 10.9 Å². The van der Waals surface area contributed by atoms with Crippen LogP contribution in [0.5, 0.6) is 0 Å². The molecule has 1 atom stereocenters. The number of carboxylic acids is 1. The zero-order chi connectivity index (χ0) is 24.6. The number of fused-ring (bicyclic) bond motifs is 1. The number of morpholine rings is 1. The number of carbonyl (C=O) groups is 1. The van der Waals surface area contributed by atoms with E-state index in [1.165, 1.54) is 6.07 Å². The van der Waals surface area contributed by atoms with Crippen LogP contribution in [0.4, 0.5) is 11.4 Å². The molecule has 1 aromatic heterocycles. The van der Waals surface area contributed by atoms with Gasteiger partial charge >= 0.3 is 5.97 Å². The van der Waals surface area contributed by atoms with Crippen molar-refractivity contribution < 1.29 is 23.1 Å². The molecular weight excluding hydrogens is 478 g/mol. The van der Waals surface area contributed by atoms with Crippen molar-refractivity contribution in [1.29, 1.82) is 0 Å². The van der Waals surface area contributed by atoms with Crippen molar-refractivity contribution >= 4 is 49.7 Å². The molecule has 3 aromatic rings. The van der Waals surface area contributed by atoms with Crippen LogP contribution in [0.2, 0.25) is 5.02 Å². The minimum absolute atomic E-state index is 0.0182. The number of benzene rings is 2. The van der Waals surface area contributed by atoms with Gasteiger partial charge in [-0.05, 0) is 54.3 Å². The van der Waals surface area contributed by atoms with E-state index < -0.39 is 21.2 Å². The van der Waals surface area contributed by atoms with Gasteiger partial charge in [0.05, 0.1) is 35.7 Å². The average molecular weight is 504 g/mol. The molecule has 10 heteroatoms. The fourth-order valence-electron chi connectivity index (χ4n) is 3.93. The molecule has 1 saturated heterocycles. The monoisotopic (exact) mass is 503 g/mol. The Morgan fingerprint density at radius 3 is 2.68 bits per heavy atom. The smallest absolute Gasteiger partial charge is 0.337 e. The molecule has 1 aliphatic rings. The number of halogens is 1. The first-order valence-electron chi connectivity index (χ1n) is 10.9. The Labute approximate surface area is 203 Å². The number of rotatable bonds is 6. The zero-order valence-electron chi connectivity index (χ0n) is 19.1. The average Bonchev–Trinajstić information content (AvgIpc) is 2.80. The molecule has 3 N–H and O–H groups in total. The van der Waals surface area contributed by atoms with Crippen LogP contribution in [-0.4, -0.2) is 49.6 Å². The van der Waals surface area contributed by atoms with Gasteiger partial charge in [-0.2, -0.15) is 0 Å². The number of aryl methyl sites for hydroxylation is 1. The quantitative estimate of drug-likeness (QED) is 0.450. The predicted octanol–water partition coefficient (Wildman–Crippen LogP) is 4.48. The van der Waals surface area contributed by atoms with Gasteiger partial charge in [0.15, 0.2) is 5.03 Å². The molecule has 0 amide bonds. The first-order valence-corrected chi connectivity index (χ1v) is 12.8. The van der Waals surface area contributed by atoms with Gasteiger partial charge in [0.25, 0.3) is 0 Å². The van der Waals surface area contributed by atoms with Crippen LogP contribution in [0, 0.1) is 6.92 Å². The van der Waals surface area contributed by atoms with Crippen molar-refractivity contribution in [2.75, 3.05) is 25.1 Å². The number of aromatic carboxylic acids is 1. The number of aromatic nitrogens is 1. The highest BCUT2D eigenvalue weighted by atomic mass is 35.5. The normalized spacial score (nSPS) is 16.7. The summed E-state index contributed by atoms with van der Waals surface area (Å²) >= 11 is 6.22. The maximum Gasteiger partial charge on any atom is 0.337 e. The maximum absolute atomic E-state index is 13.3. The van der Waals surface area contributed by atoms with E-state index in [0.717, 1.165) is 11.1 Å². The minimum atomic E-state index is -3.87. The van der Waals surface area contributed by atoms with Crippen molar-refractivity contribution in [2.24, 2.45) is 0 Å². The molecule has 1 unspecified atom stereocenters. The summed E-state index contributed by atoms with van der Waals surface area (Å²) in [7, 11) is -3.87. The molecule has 4 rings (SSSR count). The fraction of sp³-hybridized carbons (Fsp3) is 0.333. The first kappa shape index (κ1) is 24.4. The molecule has 180 valence electrons. The van der Waals surface area contributed by atoms with Crippen molar-refractivity contribution in [3.05, 3.63) is 58.1 Å². The highest BCUT2D eigenvalue weighted by molar-refractivity contribution is 7.92. The highest BCUT2D eigenvalue weighted by Crippen LogP contribution is 2.35. The Kier molecular flexibility index (Phi) is 6.82. The van der Waals surface area contributed by atoms with E-state index in [4.69, 9.17) is 16.3 Å².